The van der Waals surface area contributed by atoms with Crippen LogP contribution in [0.2, 0.25) is 0 Å². The molecule has 0 aliphatic rings. The van der Waals surface area contributed by atoms with Crippen molar-refractivity contribution in [3.63, 3.8) is 0 Å². The van der Waals surface area contributed by atoms with Gasteiger partial charge in [0.15, 0.2) is 0 Å². The Morgan fingerprint density at radius 3 is 2.57 bits per heavy atom. The number of rotatable bonds is 7. The van der Waals surface area contributed by atoms with E-state index >= 15 is 0 Å². The van der Waals surface area contributed by atoms with Gasteiger partial charge in [-0.05, 0) is 24.3 Å². The van der Waals surface area contributed by atoms with Gasteiger partial charge in [-0.25, -0.2) is 0 Å². The van der Waals surface area contributed by atoms with Crippen LogP contribution in [0.1, 0.15) is 5.56 Å². The standard InChI is InChI=1S/C15H15BrN2O3/c16-13-5-7-14(8-6-13)21-10-9-17-11-12-3-1-2-4-15(12)18(19)20/h1-8,17H,9-11H2. The molecule has 5 nitrogen and oxygen atoms in total. The summed E-state index contributed by atoms with van der Waals surface area (Å²) in [6.45, 7) is 1.56. The molecule has 6 heteroatoms. The van der Waals surface area contributed by atoms with Crippen LogP contribution in [0.3, 0.4) is 0 Å². The number of ether oxygens (including phenoxy) is 1. The largest absolute Gasteiger partial charge is 0.492 e. The second-order valence-corrected chi connectivity index (χ2v) is 5.28. The average molecular weight is 351 g/mol. The van der Waals surface area contributed by atoms with Crippen molar-refractivity contribution in [1.29, 1.82) is 0 Å². The molecule has 0 saturated carbocycles. The minimum absolute atomic E-state index is 0.138. The van der Waals surface area contributed by atoms with Gasteiger partial charge in [-0.1, -0.05) is 34.1 Å². The van der Waals surface area contributed by atoms with E-state index in [1.165, 1.54) is 6.07 Å². The van der Waals surface area contributed by atoms with Gasteiger partial charge < -0.3 is 10.1 Å². The Morgan fingerprint density at radius 2 is 1.86 bits per heavy atom. The summed E-state index contributed by atoms with van der Waals surface area (Å²) in [5.41, 5.74) is 0.810. The van der Waals surface area contributed by atoms with Crippen LogP contribution >= 0.6 is 15.9 Å². The number of nitrogens with zero attached hydrogens (tertiary/aromatic N) is 1. The van der Waals surface area contributed by atoms with E-state index in [-0.39, 0.29) is 10.6 Å². The van der Waals surface area contributed by atoms with Gasteiger partial charge in [-0.3, -0.25) is 10.1 Å². The SMILES string of the molecule is O=[N+]([O-])c1ccccc1CNCCOc1ccc(Br)cc1. The minimum Gasteiger partial charge on any atom is -0.492 e. The van der Waals surface area contributed by atoms with Gasteiger partial charge in [0.25, 0.3) is 5.69 Å². The van der Waals surface area contributed by atoms with E-state index < -0.39 is 0 Å². The highest BCUT2D eigenvalue weighted by atomic mass is 79.9. The van der Waals surface area contributed by atoms with Gasteiger partial charge in [-0.2, -0.15) is 0 Å². The van der Waals surface area contributed by atoms with Crippen LogP contribution in [-0.4, -0.2) is 18.1 Å². The summed E-state index contributed by atoms with van der Waals surface area (Å²) in [4.78, 5) is 10.5. The molecular formula is C15H15BrN2O3. The monoisotopic (exact) mass is 350 g/mol. The second-order valence-electron chi connectivity index (χ2n) is 4.36. The molecule has 2 rings (SSSR count). The van der Waals surface area contributed by atoms with Crippen molar-refractivity contribution in [3.05, 3.63) is 68.7 Å². The molecule has 0 aromatic heterocycles. The summed E-state index contributed by atoms with van der Waals surface area (Å²) in [6.07, 6.45) is 0. The summed E-state index contributed by atoms with van der Waals surface area (Å²) >= 11 is 3.36. The fraction of sp³-hybridized carbons (Fsp3) is 0.200. The molecule has 0 unspecified atom stereocenters. The zero-order chi connectivity index (χ0) is 15.1. The van der Waals surface area contributed by atoms with Crippen LogP contribution in [0.15, 0.2) is 53.0 Å². The maximum Gasteiger partial charge on any atom is 0.273 e. The Balaban J connectivity index is 1.75. The van der Waals surface area contributed by atoms with Crippen LogP contribution < -0.4 is 10.1 Å². The van der Waals surface area contributed by atoms with Crippen LogP contribution in [0, 0.1) is 10.1 Å². The Morgan fingerprint density at radius 1 is 1.14 bits per heavy atom. The first-order valence-corrected chi connectivity index (χ1v) is 7.27. The van der Waals surface area contributed by atoms with Crippen LogP contribution in [-0.2, 0) is 6.54 Å². The Kier molecular flexibility index (Phi) is 5.71. The third-order valence-corrected chi connectivity index (χ3v) is 3.39. The fourth-order valence-electron chi connectivity index (χ4n) is 1.83. The molecule has 0 bridgehead atoms. The van der Waals surface area contributed by atoms with Crippen LogP contribution in [0.4, 0.5) is 5.69 Å². The van der Waals surface area contributed by atoms with Gasteiger partial charge in [0.2, 0.25) is 0 Å². The third-order valence-electron chi connectivity index (χ3n) is 2.86. The molecule has 0 saturated heterocycles. The highest BCUT2D eigenvalue weighted by molar-refractivity contribution is 9.10. The van der Waals surface area contributed by atoms with Crippen molar-refractivity contribution in [2.24, 2.45) is 0 Å². The molecule has 0 aliphatic carbocycles. The number of hydrogen-bond donors (Lipinski definition) is 1. The fourth-order valence-corrected chi connectivity index (χ4v) is 2.10. The molecule has 1 N–H and O–H groups in total. The van der Waals surface area contributed by atoms with E-state index in [1.807, 2.05) is 24.3 Å². The first kappa shape index (κ1) is 15.5. The van der Waals surface area contributed by atoms with Crippen molar-refractivity contribution < 1.29 is 9.66 Å². The van der Waals surface area contributed by atoms with Gasteiger partial charge in [-0.15, -0.1) is 0 Å². The molecule has 0 amide bonds. The number of nitrogens with one attached hydrogen (secondary N) is 1. The van der Waals surface area contributed by atoms with Crippen molar-refractivity contribution >= 4 is 21.6 Å². The molecular weight excluding hydrogens is 336 g/mol. The summed E-state index contributed by atoms with van der Waals surface area (Å²) in [5.74, 6) is 0.797. The number of benzene rings is 2. The number of para-hydroxylation sites is 1. The highest BCUT2D eigenvalue weighted by Gasteiger charge is 2.11. The van der Waals surface area contributed by atoms with Gasteiger partial charge in [0, 0.05) is 29.2 Å². The molecule has 0 aliphatic heterocycles. The Labute approximate surface area is 131 Å². The molecule has 110 valence electrons. The zero-order valence-electron chi connectivity index (χ0n) is 11.3. The van der Waals surface area contributed by atoms with Gasteiger partial charge in [0.05, 0.1) is 4.92 Å². The lowest BCUT2D eigenvalue weighted by Gasteiger charge is -2.08. The molecule has 0 atom stereocenters. The quantitative estimate of drug-likeness (QED) is 0.471. The summed E-state index contributed by atoms with van der Waals surface area (Å²) in [5, 5.41) is 14.0. The zero-order valence-corrected chi connectivity index (χ0v) is 12.9. The lowest BCUT2D eigenvalue weighted by atomic mass is 10.2. The molecule has 0 radical (unpaired) electrons. The normalized spacial score (nSPS) is 10.3. The van der Waals surface area contributed by atoms with E-state index in [0.29, 0.717) is 25.3 Å². The number of hydrogen-bond acceptors (Lipinski definition) is 4. The highest BCUT2D eigenvalue weighted by Crippen LogP contribution is 2.17. The van der Waals surface area contributed by atoms with Crippen LogP contribution in [0.5, 0.6) is 5.75 Å². The Hall–Kier alpha value is -1.92. The molecule has 0 spiro atoms. The van der Waals surface area contributed by atoms with E-state index in [2.05, 4.69) is 21.2 Å². The first-order chi connectivity index (χ1) is 10.2. The summed E-state index contributed by atoms with van der Waals surface area (Å²) in [6, 6.07) is 14.3. The van der Waals surface area contributed by atoms with Crippen molar-refractivity contribution in [2.45, 2.75) is 6.54 Å². The van der Waals surface area contributed by atoms with E-state index in [0.717, 1.165) is 10.2 Å². The topological polar surface area (TPSA) is 64.4 Å². The predicted molar refractivity (Wildman–Crippen MR) is 84.4 cm³/mol. The van der Waals surface area contributed by atoms with Crippen molar-refractivity contribution in [2.75, 3.05) is 13.2 Å². The van der Waals surface area contributed by atoms with Gasteiger partial charge >= 0.3 is 0 Å². The molecule has 0 heterocycles. The average Bonchev–Trinajstić information content (AvgIpc) is 2.49. The molecule has 2 aromatic rings. The number of halogens is 1. The summed E-state index contributed by atoms with van der Waals surface area (Å²) < 4.78 is 6.56. The van der Waals surface area contributed by atoms with Crippen LogP contribution in [0.25, 0.3) is 0 Å². The van der Waals surface area contributed by atoms with E-state index in [9.17, 15) is 10.1 Å². The maximum atomic E-state index is 10.9. The predicted octanol–water partition coefficient (Wildman–Crippen LogP) is 3.53. The van der Waals surface area contributed by atoms with E-state index in [4.69, 9.17) is 4.74 Å². The van der Waals surface area contributed by atoms with Crippen molar-refractivity contribution in [1.82, 2.24) is 5.32 Å². The lowest BCUT2D eigenvalue weighted by molar-refractivity contribution is -0.385. The molecule has 0 fully saturated rings. The lowest BCUT2D eigenvalue weighted by Crippen LogP contribution is -2.21. The number of nitro benzene ring substituents is 1. The smallest absolute Gasteiger partial charge is 0.273 e. The summed E-state index contributed by atoms with van der Waals surface area (Å²) in [7, 11) is 0. The minimum atomic E-state index is -0.366. The second kappa shape index (κ2) is 7.75. The van der Waals surface area contributed by atoms with Crippen molar-refractivity contribution in [3.8, 4) is 5.75 Å². The molecule has 2 aromatic carbocycles. The molecule has 21 heavy (non-hydrogen) atoms. The van der Waals surface area contributed by atoms with Gasteiger partial charge in [0.1, 0.15) is 12.4 Å². The first-order valence-electron chi connectivity index (χ1n) is 6.48. The number of nitro groups is 1. The van der Waals surface area contributed by atoms with E-state index in [1.54, 1.807) is 18.2 Å². The Bertz CT molecular complexity index is 602. The third kappa shape index (κ3) is 4.84. The maximum absolute atomic E-state index is 10.9.